The highest BCUT2D eigenvalue weighted by Gasteiger charge is 2.17. The van der Waals surface area contributed by atoms with Crippen LogP contribution in [0.2, 0.25) is 0 Å². The summed E-state index contributed by atoms with van der Waals surface area (Å²) in [5, 5.41) is 15.1. The van der Waals surface area contributed by atoms with Crippen molar-refractivity contribution in [2.24, 2.45) is 0 Å². The minimum atomic E-state index is -0.423. The lowest BCUT2D eigenvalue weighted by Gasteiger charge is -2.18. The van der Waals surface area contributed by atoms with Gasteiger partial charge in [-0.1, -0.05) is 36.4 Å². The first-order chi connectivity index (χ1) is 11.2. The predicted molar refractivity (Wildman–Crippen MR) is 91.8 cm³/mol. The van der Waals surface area contributed by atoms with Crippen molar-refractivity contribution in [3.05, 3.63) is 59.7 Å². The van der Waals surface area contributed by atoms with Crippen molar-refractivity contribution in [2.75, 3.05) is 30.4 Å². The number of anilines is 2. The largest absolute Gasteiger partial charge is 0.394 e. The molecule has 0 spiro atoms. The van der Waals surface area contributed by atoms with E-state index in [1.54, 1.807) is 0 Å². The van der Waals surface area contributed by atoms with Gasteiger partial charge in [0.2, 0.25) is 0 Å². The minimum absolute atomic E-state index is 0.148. The van der Waals surface area contributed by atoms with Crippen LogP contribution in [0.5, 0.6) is 0 Å². The summed E-state index contributed by atoms with van der Waals surface area (Å²) in [6.07, 6.45) is 1.04. The lowest BCUT2D eigenvalue weighted by atomic mass is 10.1. The molecule has 1 heterocycles. The number of nitrogens with zero attached hydrogens (tertiary/aromatic N) is 1. The number of amides is 2. The van der Waals surface area contributed by atoms with E-state index in [1.165, 1.54) is 5.56 Å². The van der Waals surface area contributed by atoms with E-state index in [0.717, 1.165) is 29.9 Å². The number of hydrogen-bond donors (Lipinski definition) is 3. The summed E-state index contributed by atoms with van der Waals surface area (Å²) in [5.41, 5.74) is 4.08. The van der Waals surface area contributed by atoms with Crippen LogP contribution in [0.1, 0.15) is 17.2 Å². The van der Waals surface area contributed by atoms with Crippen LogP contribution in [0.4, 0.5) is 16.2 Å². The zero-order valence-corrected chi connectivity index (χ0v) is 13.1. The second-order valence-electron chi connectivity index (χ2n) is 5.76. The molecule has 0 bridgehead atoms. The third-order valence-corrected chi connectivity index (χ3v) is 4.16. The molecule has 3 N–H and O–H groups in total. The van der Waals surface area contributed by atoms with Gasteiger partial charge in [0.05, 0.1) is 12.6 Å². The molecule has 0 aromatic heterocycles. The number of carbonyl (C=O) groups is 1. The molecule has 3 rings (SSSR count). The highest BCUT2D eigenvalue weighted by atomic mass is 16.3. The van der Waals surface area contributed by atoms with Crippen molar-refractivity contribution in [2.45, 2.75) is 12.5 Å². The standard InChI is InChI=1S/C18H21N3O2/c1-21-10-9-14-7-8-15(11-17(14)21)19-18(23)20-16(12-22)13-5-3-2-4-6-13/h2-8,11,16,22H,9-10,12H2,1H3,(H2,19,20,23). The Morgan fingerprint density at radius 2 is 2.04 bits per heavy atom. The Labute approximate surface area is 135 Å². The Kier molecular flexibility index (Phi) is 4.48. The molecule has 120 valence electrons. The van der Waals surface area contributed by atoms with E-state index in [0.29, 0.717) is 0 Å². The summed E-state index contributed by atoms with van der Waals surface area (Å²) in [5.74, 6) is 0. The van der Waals surface area contributed by atoms with Crippen LogP contribution >= 0.6 is 0 Å². The summed E-state index contributed by atoms with van der Waals surface area (Å²) in [7, 11) is 2.05. The summed E-state index contributed by atoms with van der Waals surface area (Å²) in [4.78, 5) is 14.4. The van der Waals surface area contributed by atoms with Crippen LogP contribution in [0, 0.1) is 0 Å². The van der Waals surface area contributed by atoms with Gasteiger partial charge < -0.3 is 20.6 Å². The number of urea groups is 1. The molecule has 0 aliphatic carbocycles. The molecule has 2 aromatic carbocycles. The molecule has 0 saturated heterocycles. The fourth-order valence-corrected chi connectivity index (χ4v) is 2.86. The molecule has 0 saturated carbocycles. The summed E-state index contributed by atoms with van der Waals surface area (Å²) in [6.45, 7) is 0.857. The van der Waals surface area contributed by atoms with Crippen molar-refractivity contribution in [3.63, 3.8) is 0 Å². The first kappa shape index (κ1) is 15.4. The third kappa shape index (κ3) is 3.46. The van der Waals surface area contributed by atoms with Crippen LogP contribution < -0.4 is 15.5 Å². The van der Waals surface area contributed by atoms with Gasteiger partial charge in [0.25, 0.3) is 0 Å². The van der Waals surface area contributed by atoms with Gasteiger partial charge in [-0.2, -0.15) is 0 Å². The van der Waals surface area contributed by atoms with Crippen molar-refractivity contribution >= 4 is 17.4 Å². The lowest BCUT2D eigenvalue weighted by molar-refractivity contribution is 0.225. The molecule has 1 unspecified atom stereocenters. The topological polar surface area (TPSA) is 64.6 Å². The van der Waals surface area contributed by atoms with Gasteiger partial charge in [0.15, 0.2) is 0 Å². The number of carbonyl (C=O) groups excluding carboxylic acids is 1. The van der Waals surface area contributed by atoms with E-state index in [2.05, 4.69) is 21.6 Å². The van der Waals surface area contributed by atoms with Gasteiger partial charge in [-0.15, -0.1) is 0 Å². The van der Waals surface area contributed by atoms with Crippen LogP contribution in [0.3, 0.4) is 0 Å². The SMILES string of the molecule is CN1CCc2ccc(NC(=O)NC(CO)c3ccccc3)cc21. The average Bonchev–Trinajstić information content (AvgIpc) is 2.94. The highest BCUT2D eigenvalue weighted by Crippen LogP contribution is 2.29. The van der Waals surface area contributed by atoms with Gasteiger partial charge in [-0.25, -0.2) is 4.79 Å². The van der Waals surface area contributed by atoms with Gasteiger partial charge >= 0.3 is 6.03 Å². The van der Waals surface area contributed by atoms with Crippen LogP contribution in [0.15, 0.2) is 48.5 Å². The Morgan fingerprint density at radius 1 is 1.26 bits per heavy atom. The monoisotopic (exact) mass is 311 g/mol. The Bertz CT molecular complexity index is 688. The van der Waals surface area contributed by atoms with Gasteiger partial charge in [-0.3, -0.25) is 0 Å². The summed E-state index contributed by atoms with van der Waals surface area (Å²) >= 11 is 0. The lowest BCUT2D eigenvalue weighted by Crippen LogP contribution is -2.34. The zero-order chi connectivity index (χ0) is 16.2. The molecule has 1 aliphatic rings. The number of benzene rings is 2. The van der Waals surface area contributed by atoms with E-state index >= 15 is 0 Å². The second kappa shape index (κ2) is 6.71. The van der Waals surface area contributed by atoms with Crippen molar-refractivity contribution in [1.29, 1.82) is 0 Å². The normalized spacial score (nSPS) is 14.3. The van der Waals surface area contributed by atoms with E-state index in [4.69, 9.17) is 0 Å². The first-order valence-corrected chi connectivity index (χ1v) is 7.75. The fourth-order valence-electron chi connectivity index (χ4n) is 2.86. The van der Waals surface area contributed by atoms with E-state index < -0.39 is 6.04 Å². The number of hydrogen-bond acceptors (Lipinski definition) is 3. The Balaban J connectivity index is 1.66. The van der Waals surface area contributed by atoms with Crippen molar-refractivity contribution in [3.8, 4) is 0 Å². The molecule has 23 heavy (non-hydrogen) atoms. The molecular weight excluding hydrogens is 290 g/mol. The van der Waals surface area contributed by atoms with Crippen molar-refractivity contribution < 1.29 is 9.90 Å². The number of aliphatic hydroxyl groups is 1. The van der Waals surface area contributed by atoms with E-state index in [9.17, 15) is 9.90 Å². The van der Waals surface area contributed by atoms with E-state index in [1.807, 2.05) is 49.5 Å². The quantitative estimate of drug-likeness (QED) is 0.813. The number of aliphatic hydroxyl groups excluding tert-OH is 1. The Morgan fingerprint density at radius 3 is 2.78 bits per heavy atom. The molecule has 1 aliphatic heterocycles. The molecule has 0 fully saturated rings. The zero-order valence-electron chi connectivity index (χ0n) is 13.1. The molecule has 2 aromatic rings. The van der Waals surface area contributed by atoms with Gasteiger partial charge in [0.1, 0.15) is 0 Å². The fraction of sp³-hybridized carbons (Fsp3) is 0.278. The summed E-state index contributed by atoms with van der Waals surface area (Å²) < 4.78 is 0. The number of nitrogens with one attached hydrogen (secondary N) is 2. The predicted octanol–water partition coefficient (Wildman–Crippen LogP) is 2.53. The molecule has 5 heteroatoms. The van der Waals surface area contributed by atoms with Crippen LogP contribution in [0.25, 0.3) is 0 Å². The summed E-state index contributed by atoms with van der Waals surface area (Å²) in [6, 6.07) is 14.6. The molecule has 5 nitrogen and oxygen atoms in total. The molecule has 0 radical (unpaired) electrons. The molecular formula is C18H21N3O2. The molecule has 1 atom stereocenters. The average molecular weight is 311 g/mol. The number of likely N-dealkylation sites (N-methyl/N-ethyl adjacent to an activating group) is 1. The maximum absolute atomic E-state index is 12.2. The molecule has 2 amide bonds. The second-order valence-corrected chi connectivity index (χ2v) is 5.76. The number of rotatable bonds is 4. The third-order valence-electron chi connectivity index (χ3n) is 4.16. The van der Waals surface area contributed by atoms with Gasteiger partial charge in [-0.05, 0) is 29.7 Å². The Hall–Kier alpha value is -2.53. The van der Waals surface area contributed by atoms with Crippen LogP contribution in [-0.2, 0) is 6.42 Å². The van der Waals surface area contributed by atoms with Gasteiger partial charge in [0, 0.05) is 25.0 Å². The van der Waals surface area contributed by atoms with Crippen molar-refractivity contribution in [1.82, 2.24) is 5.32 Å². The van der Waals surface area contributed by atoms with E-state index in [-0.39, 0.29) is 12.6 Å². The maximum Gasteiger partial charge on any atom is 0.319 e. The minimum Gasteiger partial charge on any atom is -0.394 e. The van der Waals surface area contributed by atoms with Crippen LogP contribution in [-0.4, -0.2) is 31.3 Å². The highest BCUT2D eigenvalue weighted by molar-refractivity contribution is 5.90. The number of fused-ring (bicyclic) bond motifs is 1. The maximum atomic E-state index is 12.2. The first-order valence-electron chi connectivity index (χ1n) is 7.75. The smallest absolute Gasteiger partial charge is 0.319 e.